The number of amides is 2. The molecule has 7 heteroatoms. The number of likely N-dealkylation sites (tertiary alicyclic amines) is 1. The number of rotatable bonds is 6. The van der Waals surface area contributed by atoms with Crippen LogP contribution >= 0.6 is 0 Å². The molecule has 5 aliphatic rings. The van der Waals surface area contributed by atoms with Gasteiger partial charge in [-0.3, -0.25) is 24.7 Å². The van der Waals surface area contributed by atoms with Gasteiger partial charge in [0.05, 0.1) is 6.04 Å². The van der Waals surface area contributed by atoms with E-state index in [2.05, 4.69) is 40.2 Å². The van der Waals surface area contributed by atoms with Crippen LogP contribution in [0.25, 0.3) is 0 Å². The summed E-state index contributed by atoms with van der Waals surface area (Å²) in [6.07, 6.45) is 8.60. The number of nitrogens with one attached hydrogen (secondary N) is 1. The van der Waals surface area contributed by atoms with E-state index < -0.39 is 0 Å². The van der Waals surface area contributed by atoms with Gasteiger partial charge >= 0.3 is 0 Å². The number of imide groups is 1. The van der Waals surface area contributed by atoms with E-state index in [9.17, 15) is 9.59 Å². The van der Waals surface area contributed by atoms with Crippen molar-refractivity contribution in [2.75, 3.05) is 20.2 Å². The largest absolute Gasteiger partial charge is 0.489 e. The molecule has 2 saturated heterocycles. The summed E-state index contributed by atoms with van der Waals surface area (Å²) in [5.74, 6) is 3.31. The number of methoxy groups -OCH3 is 1. The zero-order chi connectivity index (χ0) is 24.1. The van der Waals surface area contributed by atoms with Gasteiger partial charge in [-0.15, -0.1) is 0 Å². The first-order chi connectivity index (χ1) is 17.0. The molecule has 3 aliphatic heterocycles. The number of hydrogen-bond donors (Lipinski definition) is 1. The highest BCUT2D eigenvalue weighted by atomic mass is 16.5. The molecule has 1 N–H and O–H groups in total. The molecule has 2 aliphatic carbocycles. The fraction of sp³-hybridized carbons (Fsp3) is 0.714. The summed E-state index contributed by atoms with van der Waals surface area (Å²) < 4.78 is 12.5. The first kappa shape index (κ1) is 23.4. The molecule has 3 unspecified atom stereocenters. The number of fused-ring (bicyclic) bond motifs is 1. The van der Waals surface area contributed by atoms with Crippen LogP contribution in [0, 0.1) is 17.8 Å². The molecule has 35 heavy (non-hydrogen) atoms. The molecule has 4 fully saturated rings. The molecular formula is C28H39N3O4. The third kappa shape index (κ3) is 4.40. The van der Waals surface area contributed by atoms with Crippen molar-refractivity contribution >= 4 is 11.8 Å². The van der Waals surface area contributed by atoms with Gasteiger partial charge in [0.15, 0.2) is 0 Å². The number of ether oxygens (including phenoxy) is 2. The summed E-state index contributed by atoms with van der Waals surface area (Å²) in [7, 11) is 1.68. The van der Waals surface area contributed by atoms with E-state index in [1.165, 1.54) is 45.2 Å². The number of carbonyl (C=O) groups is 2. The molecule has 3 heterocycles. The third-order valence-corrected chi connectivity index (χ3v) is 9.31. The van der Waals surface area contributed by atoms with Crippen molar-refractivity contribution in [3.05, 3.63) is 29.3 Å². The fourth-order valence-electron chi connectivity index (χ4n) is 7.30. The standard InChI is InChI=1S/C28H39N3O4/c1-17-11-18(12-17)20-14-30(15-20)23-5-3-4-6-25(23)35-21-7-8-22-19(13-21)16-31(28(22)34-2)24-9-10-26(32)29-27(24)33/h7-8,13,17-18,20,23-25,28H,3-6,9-12,14-16H2,1-2H3,(H,29,32,33)/t17?,18?,23?,24?,25-,28?/m0/s1. The van der Waals surface area contributed by atoms with Crippen LogP contribution in [0.15, 0.2) is 18.2 Å². The lowest BCUT2D eigenvalue weighted by Gasteiger charge is -2.53. The van der Waals surface area contributed by atoms with E-state index in [1.807, 2.05) is 0 Å². The van der Waals surface area contributed by atoms with Crippen LogP contribution in [-0.4, -0.2) is 60.0 Å². The molecule has 190 valence electrons. The Morgan fingerprint density at radius 3 is 2.57 bits per heavy atom. The van der Waals surface area contributed by atoms with Crippen LogP contribution in [0.4, 0.5) is 0 Å². The van der Waals surface area contributed by atoms with Gasteiger partial charge < -0.3 is 9.47 Å². The van der Waals surface area contributed by atoms with Gasteiger partial charge in [0.25, 0.3) is 0 Å². The smallest absolute Gasteiger partial charge is 0.244 e. The van der Waals surface area contributed by atoms with Crippen molar-refractivity contribution in [1.82, 2.24) is 15.1 Å². The van der Waals surface area contributed by atoms with Crippen LogP contribution in [0.5, 0.6) is 5.75 Å². The third-order valence-electron chi connectivity index (χ3n) is 9.31. The molecule has 0 bridgehead atoms. The van der Waals surface area contributed by atoms with E-state index in [0.717, 1.165) is 41.1 Å². The van der Waals surface area contributed by atoms with E-state index >= 15 is 0 Å². The van der Waals surface area contributed by atoms with Gasteiger partial charge in [0.2, 0.25) is 11.8 Å². The average molecular weight is 482 g/mol. The number of nitrogens with zero attached hydrogens (tertiary/aromatic N) is 2. The molecule has 6 rings (SSSR count). The first-order valence-corrected chi connectivity index (χ1v) is 13.7. The second-order valence-electron chi connectivity index (χ2n) is 11.6. The van der Waals surface area contributed by atoms with Crippen molar-refractivity contribution in [3.8, 4) is 5.75 Å². The molecule has 1 aromatic carbocycles. The molecule has 0 radical (unpaired) electrons. The van der Waals surface area contributed by atoms with Crippen molar-refractivity contribution in [2.45, 2.75) is 89.3 Å². The van der Waals surface area contributed by atoms with Crippen LogP contribution < -0.4 is 10.1 Å². The van der Waals surface area contributed by atoms with E-state index in [0.29, 0.717) is 25.4 Å². The van der Waals surface area contributed by atoms with Gasteiger partial charge in [-0.25, -0.2) is 0 Å². The second-order valence-corrected chi connectivity index (χ2v) is 11.6. The summed E-state index contributed by atoms with van der Waals surface area (Å²) in [6, 6.07) is 6.49. The molecule has 1 aromatic rings. The van der Waals surface area contributed by atoms with Gasteiger partial charge in [-0.1, -0.05) is 19.4 Å². The Kier molecular flexibility index (Phi) is 6.35. The predicted octanol–water partition coefficient (Wildman–Crippen LogP) is 3.62. The minimum absolute atomic E-state index is 0.189. The second kappa shape index (κ2) is 9.49. The average Bonchev–Trinajstić information content (AvgIpc) is 3.15. The minimum atomic E-state index is -0.352. The highest BCUT2D eigenvalue weighted by molar-refractivity contribution is 6.00. The maximum atomic E-state index is 12.5. The van der Waals surface area contributed by atoms with E-state index in [1.54, 1.807) is 7.11 Å². The van der Waals surface area contributed by atoms with Gasteiger partial charge in [-0.05, 0) is 74.0 Å². The number of piperidine rings is 1. The van der Waals surface area contributed by atoms with Crippen LogP contribution in [0.3, 0.4) is 0 Å². The van der Waals surface area contributed by atoms with Crippen molar-refractivity contribution in [1.29, 1.82) is 0 Å². The SMILES string of the molecule is COC1c2ccc(O[C@H]3CCCCC3N3CC(C4CC(C)C4)C3)cc2CN1C1CCC(=O)NC1=O. The molecule has 4 atom stereocenters. The summed E-state index contributed by atoms with van der Waals surface area (Å²) in [4.78, 5) is 28.9. The Morgan fingerprint density at radius 1 is 1.03 bits per heavy atom. The normalized spacial score (nSPS) is 36.3. The van der Waals surface area contributed by atoms with Crippen LogP contribution in [0.1, 0.15) is 75.6 Å². The van der Waals surface area contributed by atoms with Crippen molar-refractivity contribution < 1.29 is 19.1 Å². The van der Waals surface area contributed by atoms with Crippen molar-refractivity contribution in [2.24, 2.45) is 17.8 Å². The Labute approximate surface area is 208 Å². The van der Waals surface area contributed by atoms with Crippen molar-refractivity contribution in [3.63, 3.8) is 0 Å². The molecule has 0 aromatic heterocycles. The summed E-state index contributed by atoms with van der Waals surface area (Å²) in [5.41, 5.74) is 2.24. The lowest BCUT2D eigenvalue weighted by molar-refractivity contribution is -0.143. The van der Waals surface area contributed by atoms with E-state index in [-0.39, 0.29) is 30.2 Å². The molecular weight excluding hydrogens is 442 g/mol. The first-order valence-electron chi connectivity index (χ1n) is 13.7. The Balaban J connectivity index is 1.12. The topological polar surface area (TPSA) is 71.1 Å². The quantitative estimate of drug-likeness (QED) is 0.626. The highest BCUT2D eigenvalue weighted by Crippen LogP contribution is 2.44. The fourth-order valence-corrected chi connectivity index (χ4v) is 7.30. The maximum Gasteiger partial charge on any atom is 0.244 e. The Hall–Kier alpha value is -1.96. The lowest BCUT2D eigenvalue weighted by Crippen LogP contribution is -2.60. The lowest BCUT2D eigenvalue weighted by atomic mass is 9.66. The summed E-state index contributed by atoms with van der Waals surface area (Å²) >= 11 is 0. The highest BCUT2D eigenvalue weighted by Gasteiger charge is 2.44. The summed E-state index contributed by atoms with van der Waals surface area (Å²) in [5, 5.41) is 2.48. The molecule has 2 amide bonds. The maximum absolute atomic E-state index is 12.5. The number of hydrogen-bond acceptors (Lipinski definition) is 6. The predicted molar refractivity (Wildman–Crippen MR) is 132 cm³/mol. The van der Waals surface area contributed by atoms with E-state index in [4.69, 9.17) is 9.47 Å². The number of carbonyl (C=O) groups excluding carboxylic acids is 2. The zero-order valence-corrected chi connectivity index (χ0v) is 21.1. The molecule has 7 nitrogen and oxygen atoms in total. The minimum Gasteiger partial charge on any atom is -0.489 e. The Morgan fingerprint density at radius 2 is 1.83 bits per heavy atom. The number of benzene rings is 1. The summed E-state index contributed by atoms with van der Waals surface area (Å²) in [6.45, 7) is 5.51. The molecule has 2 saturated carbocycles. The molecule has 0 spiro atoms. The zero-order valence-electron chi connectivity index (χ0n) is 21.1. The van der Waals surface area contributed by atoms with Gasteiger partial charge in [0.1, 0.15) is 18.1 Å². The Bertz CT molecular complexity index is 971. The van der Waals surface area contributed by atoms with Crippen LogP contribution in [0.2, 0.25) is 0 Å². The van der Waals surface area contributed by atoms with Gasteiger partial charge in [-0.2, -0.15) is 0 Å². The monoisotopic (exact) mass is 481 g/mol. The van der Waals surface area contributed by atoms with Crippen LogP contribution in [-0.2, 0) is 20.9 Å². The van der Waals surface area contributed by atoms with Gasteiger partial charge in [0, 0.05) is 44.8 Å².